The Balaban J connectivity index is 2.10. The number of anilines is 1. The van der Waals surface area contributed by atoms with Crippen LogP contribution in [0, 0.1) is 23.3 Å². The highest BCUT2D eigenvalue weighted by atomic mass is 35.5. The third-order valence-corrected chi connectivity index (χ3v) is 5.93. The molecule has 0 aliphatic carbocycles. The summed E-state index contributed by atoms with van der Waals surface area (Å²) in [6.07, 6.45) is -3.83. The molecule has 0 bridgehead atoms. The Kier molecular flexibility index (Phi) is 6.80. The molecule has 0 spiro atoms. The third kappa shape index (κ3) is 5.25. The maximum atomic E-state index is 14.3. The second-order valence-corrected chi connectivity index (χ2v) is 9.49. The molecule has 3 aromatic rings. The van der Waals surface area contributed by atoms with Crippen molar-refractivity contribution in [1.82, 2.24) is 10.2 Å². The summed E-state index contributed by atoms with van der Waals surface area (Å²) < 4.78 is 92.6. The molecule has 0 aliphatic rings. The number of nitrogens with zero attached hydrogens (tertiary/aromatic N) is 2. The van der Waals surface area contributed by atoms with Crippen LogP contribution in [0.1, 0.15) is 21.6 Å². The largest absolute Gasteiger partial charge is 0.435 e. The zero-order valence-electron chi connectivity index (χ0n) is 17.3. The fourth-order valence-electron chi connectivity index (χ4n) is 2.81. The summed E-state index contributed by atoms with van der Waals surface area (Å²) >= 11 is 5.49. The van der Waals surface area contributed by atoms with Gasteiger partial charge in [0, 0.05) is 16.8 Å². The van der Waals surface area contributed by atoms with Gasteiger partial charge in [0.15, 0.2) is 17.3 Å². The number of aromatic nitrogens is 2. The monoisotopic (exact) mass is 520 g/mol. The van der Waals surface area contributed by atoms with Crippen molar-refractivity contribution in [2.45, 2.75) is 18.0 Å². The lowest BCUT2D eigenvalue weighted by Crippen LogP contribution is -2.21. The number of hydrogen-bond acceptors (Lipinski definition) is 6. The number of ether oxygens (including phenoxy) is 1. The van der Waals surface area contributed by atoms with Crippen molar-refractivity contribution in [3.8, 4) is 11.6 Å². The number of rotatable bonds is 5. The van der Waals surface area contributed by atoms with Gasteiger partial charge >= 0.3 is 6.18 Å². The van der Waals surface area contributed by atoms with Crippen LogP contribution >= 0.6 is 11.6 Å². The van der Waals surface area contributed by atoms with Crippen LogP contribution in [-0.2, 0) is 15.9 Å². The van der Waals surface area contributed by atoms with Crippen LogP contribution in [0.4, 0.5) is 27.6 Å². The summed E-state index contributed by atoms with van der Waals surface area (Å²) in [6, 6.07) is 6.88. The van der Waals surface area contributed by atoms with Gasteiger partial charge in [-0.25, -0.2) is 17.8 Å². The SMILES string of the molecule is Cc1c(C(F)(F)F)nnc(Oc2ccc(F)c(Cl)c2F)c1C(=O)Nc1cccc(S(C)(=N)=O)c1. The van der Waals surface area contributed by atoms with E-state index < -0.39 is 66.9 Å². The molecule has 7 nitrogen and oxygen atoms in total. The Morgan fingerprint density at radius 1 is 1.18 bits per heavy atom. The van der Waals surface area contributed by atoms with Crippen LogP contribution in [0.2, 0.25) is 5.02 Å². The Morgan fingerprint density at radius 3 is 2.47 bits per heavy atom. The fourth-order valence-corrected chi connectivity index (χ4v) is 3.65. The molecule has 1 aromatic heterocycles. The van der Waals surface area contributed by atoms with E-state index in [2.05, 4.69) is 15.5 Å². The zero-order valence-corrected chi connectivity index (χ0v) is 18.8. The van der Waals surface area contributed by atoms with E-state index in [4.69, 9.17) is 21.1 Å². The highest BCUT2D eigenvalue weighted by Gasteiger charge is 2.38. The molecule has 3 rings (SSSR count). The molecule has 2 N–H and O–H groups in total. The molecule has 1 heterocycles. The molecule has 1 unspecified atom stereocenters. The molecule has 0 saturated heterocycles. The average Bonchev–Trinajstić information content (AvgIpc) is 2.73. The number of nitrogens with one attached hydrogen (secondary N) is 2. The first-order valence-electron chi connectivity index (χ1n) is 9.11. The molecular weight excluding hydrogens is 507 g/mol. The number of carbonyl (C=O) groups excluding carboxylic acids is 1. The summed E-state index contributed by atoms with van der Waals surface area (Å²) in [7, 11) is -3.15. The van der Waals surface area contributed by atoms with Gasteiger partial charge in [0.2, 0.25) is 0 Å². The first-order valence-corrected chi connectivity index (χ1v) is 11.5. The van der Waals surface area contributed by atoms with Crippen molar-refractivity contribution >= 4 is 32.9 Å². The number of hydrogen-bond donors (Lipinski definition) is 2. The second-order valence-electron chi connectivity index (χ2n) is 6.95. The molecule has 0 fully saturated rings. The molecule has 14 heteroatoms. The van der Waals surface area contributed by atoms with Gasteiger partial charge in [-0.05, 0) is 42.8 Å². The lowest BCUT2D eigenvalue weighted by atomic mass is 10.1. The summed E-state index contributed by atoms with van der Waals surface area (Å²) in [5.41, 5.74) is -2.90. The Bertz CT molecular complexity index is 1400. The summed E-state index contributed by atoms with van der Waals surface area (Å²) in [5.74, 6) is -5.14. The minimum Gasteiger partial charge on any atom is -0.434 e. The molecule has 1 atom stereocenters. The van der Waals surface area contributed by atoms with E-state index in [0.29, 0.717) is 0 Å². The third-order valence-electron chi connectivity index (χ3n) is 4.43. The van der Waals surface area contributed by atoms with Crippen molar-refractivity contribution < 1.29 is 35.7 Å². The Hall–Kier alpha value is -3.32. The van der Waals surface area contributed by atoms with Crippen LogP contribution < -0.4 is 10.1 Å². The highest BCUT2D eigenvalue weighted by Crippen LogP contribution is 2.36. The standard InChI is InChI=1S/C20H14ClF5N4O3S/c1-9-14(18(31)28-10-4-3-5-11(8-10)34(2,27)32)19(30-29-17(9)20(24,25)26)33-13-7-6-12(22)15(21)16(13)23/h3-8,27H,1-2H3,(H,28,31). The fraction of sp³-hybridized carbons (Fsp3) is 0.150. The predicted molar refractivity (Wildman–Crippen MR) is 113 cm³/mol. The van der Waals surface area contributed by atoms with Crippen LogP contribution in [0.5, 0.6) is 11.6 Å². The van der Waals surface area contributed by atoms with E-state index >= 15 is 0 Å². The number of amides is 1. The zero-order chi connectivity index (χ0) is 25.4. The van der Waals surface area contributed by atoms with Gasteiger partial charge in [-0.15, -0.1) is 10.2 Å². The van der Waals surface area contributed by atoms with E-state index in [1.165, 1.54) is 24.3 Å². The highest BCUT2D eigenvalue weighted by molar-refractivity contribution is 7.91. The van der Waals surface area contributed by atoms with E-state index in [1.54, 1.807) is 0 Å². The molecule has 0 aliphatic heterocycles. The molecule has 2 aromatic carbocycles. The molecule has 0 saturated carbocycles. The number of halogens is 6. The van der Waals surface area contributed by atoms with Crippen molar-refractivity contribution in [2.24, 2.45) is 0 Å². The average molecular weight is 521 g/mol. The molecular formula is C20H14ClF5N4O3S. The van der Waals surface area contributed by atoms with E-state index in [1.807, 2.05) is 0 Å². The molecule has 180 valence electrons. The maximum Gasteiger partial charge on any atom is 0.435 e. The smallest absolute Gasteiger partial charge is 0.434 e. The summed E-state index contributed by atoms with van der Waals surface area (Å²) in [4.78, 5) is 13.0. The van der Waals surface area contributed by atoms with Crippen LogP contribution in [0.3, 0.4) is 0 Å². The minimum atomic E-state index is -4.98. The first-order chi connectivity index (χ1) is 15.7. The second kappa shape index (κ2) is 9.14. The predicted octanol–water partition coefficient (Wildman–Crippen LogP) is 5.82. The normalized spacial score (nSPS) is 13.3. The lowest BCUT2D eigenvalue weighted by Gasteiger charge is -2.16. The quantitative estimate of drug-likeness (QED) is 0.326. The Morgan fingerprint density at radius 2 is 1.85 bits per heavy atom. The summed E-state index contributed by atoms with van der Waals surface area (Å²) in [6.45, 7) is 0.937. The summed E-state index contributed by atoms with van der Waals surface area (Å²) in [5, 5.41) is 7.69. The van der Waals surface area contributed by atoms with Gasteiger partial charge in [-0.2, -0.15) is 13.2 Å². The van der Waals surface area contributed by atoms with Crippen LogP contribution in [0.25, 0.3) is 0 Å². The van der Waals surface area contributed by atoms with Gasteiger partial charge < -0.3 is 10.1 Å². The van der Waals surface area contributed by atoms with E-state index in [9.17, 15) is 31.0 Å². The van der Waals surface area contributed by atoms with Gasteiger partial charge in [0.05, 0.1) is 9.73 Å². The first kappa shape index (κ1) is 25.3. The molecule has 34 heavy (non-hydrogen) atoms. The topological polar surface area (TPSA) is 105 Å². The number of benzene rings is 2. The maximum absolute atomic E-state index is 14.3. The van der Waals surface area contributed by atoms with Crippen LogP contribution in [0.15, 0.2) is 41.3 Å². The molecule has 0 radical (unpaired) electrons. The van der Waals surface area contributed by atoms with Gasteiger partial charge in [-0.1, -0.05) is 17.7 Å². The number of alkyl halides is 3. The van der Waals surface area contributed by atoms with Gasteiger partial charge in [0.1, 0.15) is 16.4 Å². The van der Waals surface area contributed by atoms with Crippen molar-refractivity contribution in [2.75, 3.05) is 11.6 Å². The van der Waals surface area contributed by atoms with Crippen LogP contribution in [-0.4, -0.2) is 26.6 Å². The molecule has 1 amide bonds. The number of carbonyl (C=O) groups is 1. The van der Waals surface area contributed by atoms with E-state index in [-0.39, 0.29) is 10.6 Å². The van der Waals surface area contributed by atoms with Gasteiger partial charge in [-0.3, -0.25) is 4.79 Å². The Labute approximate surface area is 194 Å². The minimum absolute atomic E-state index is 0.0102. The van der Waals surface area contributed by atoms with Crippen molar-refractivity contribution in [1.29, 1.82) is 4.78 Å². The van der Waals surface area contributed by atoms with E-state index in [0.717, 1.165) is 25.3 Å². The van der Waals surface area contributed by atoms with Gasteiger partial charge in [0.25, 0.3) is 11.8 Å². The lowest BCUT2D eigenvalue weighted by molar-refractivity contribution is -0.142. The van der Waals surface area contributed by atoms with Crippen molar-refractivity contribution in [3.05, 3.63) is 69.9 Å². The van der Waals surface area contributed by atoms with Crippen molar-refractivity contribution in [3.63, 3.8) is 0 Å².